The van der Waals surface area contributed by atoms with Gasteiger partial charge >= 0.3 is 5.69 Å². The summed E-state index contributed by atoms with van der Waals surface area (Å²) in [7, 11) is 1.60. The van der Waals surface area contributed by atoms with Crippen molar-refractivity contribution in [3.8, 4) is 6.07 Å². The van der Waals surface area contributed by atoms with Crippen molar-refractivity contribution in [2.75, 3.05) is 11.9 Å². The SMILES string of the molecule is CN(c1ccc(C#N)cc1)c1cccc(F)c1[N+](=O)[O-]. The summed E-state index contributed by atoms with van der Waals surface area (Å²) in [5.41, 5.74) is 0.688. The molecule has 0 aliphatic rings. The normalized spacial score (nSPS) is 9.85. The van der Waals surface area contributed by atoms with Crippen LogP contribution in [0.4, 0.5) is 21.5 Å². The fourth-order valence-corrected chi connectivity index (χ4v) is 1.85. The highest BCUT2D eigenvalue weighted by Gasteiger charge is 2.22. The van der Waals surface area contributed by atoms with Gasteiger partial charge in [-0.25, -0.2) is 0 Å². The molecule has 0 radical (unpaired) electrons. The summed E-state index contributed by atoms with van der Waals surface area (Å²) < 4.78 is 13.6. The molecule has 20 heavy (non-hydrogen) atoms. The van der Waals surface area contributed by atoms with E-state index in [1.54, 1.807) is 31.3 Å². The van der Waals surface area contributed by atoms with Gasteiger partial charge in [0.05, 0.1) is 16.6 Å². The molecule has 0 saturated carbocycles. The van der Waals surface area contributed by atoms with Crippen LogP contribution in [0.2, 0.25) is 0 Å². The summed E-state index contributed by atoms with van der Waals surface area (Å²) in [6, 6.07) is 12.4. The zero-order chi connectivity index (χ0) is 14.7. The molecule has 0 heterocycles. The molecule has 100 valence electrons. The van der Waals surface area contributed by atoms with E-state index in [4.69, 9.17) is 5.26 Å². The van der Waals surface area contributed by atoms with Gasteiger partial charge in [0.15, 0.2) is 0 Å². The monoisotopic (exact) mass is 271 g/mol. The average molecular weight is 271 g/mol. The highest BCUT2D eigenvalue weighted by atomic mass is 19.1. The summed E-state index contributed by atoms with van der Waals surface area (Å²) in [5, 5.41) is 19.7. The first-order valence-electron chi connectivity index (χ1n) is 5.71. The first kappa shape index (κ1) is 13.5. The Morgan fingerprint density at radius 2 is 1.90 bits per heavy atom. The number of para-hydroxylation sites is 1. The van der Waals surface area contributed by atoms with Crippen molar-refractivity contribution in [1.29, 1.82) is 5.26 Å². The number of nitrogens with zero attached hydrogens (tertiary/aromatic N) is 3. The Balaban J connectivity index is 2.48. The minimum atomic E-state index is -0.881. The van der Waals surface area contributed by atoms with E-state index in [1.807, 2.05) is 6.07 Å². The van der Waals surface area contributed by atoms with E-state index in [0.29, 0.717) is 11.3 Å². The van der Waals surface area contributed by atoms with E-state index < -0.39 is 16.4 Å². The summed E-state index contributed by atoms with van der Waals surface area (Å²) in [6.07, 6.45) is 0. The molecule has 0 aromatic heterocycles. The first-order valence-corrected chi connectivity index (χ1v) is 5.71. The van der Waals surface area contributed by atoms with Crippen molar-refractivity contribution < 1.29 is 9.31 Å². The number of hydrogen-bond donors (Lipinski definition) is 0. The highest BCUT2D eigenvalue weighted by Crippen LogP contribution is 2.34. The van der Waals surface area contributed by atoms with Crippen LogP contribution >= 0.6 is 0 Å². The lowest BCUT2D eigenvalue weighted by atomic mass is 10.2. The smallest absolute Gasteiger partial charge is 0.328 e. The van der Waals surface area contributed by atoms with Gasteiger partial charge < -0.3 is 4.90 Å². The quantitative estimate of drug-likeness (QED) is 0.633. The van der Waals surface area contributed by atoms with Crippen LogP contribution in [-0.4, -0.2) is 12.0 Å². The van der Waals surface area contributed by atoms with Crippen LogP contribution in [0.25, 0.3) is 0 Å². The van der Waals surface area contributed by atoms with E-state index >= 15 is 0 Å². The van der Waals surface area contributed by atoms with Gasteiger partial charge in [-0.05, 0) is 36.4 Å². The maximum absolute atomic E-state index is 13.6. The number of anilines is 2. The van der Waals surface area contributed by atoms with Gasteiger partial charge in [-0.1, -0.05) is 6.07 Å². The number of nitro groups is 1. The van der Waals surface area contributed by atoms with Crippen LogP contribution in [0.15, 0.2) is 42.5 Å². The third-order valence-electron chi connectivity index (χ3n) is 2.89. The van der Waals surface area contributed by atoms with Crippen LogP contribution in [-0.2, 0) is 0 Å². The lowest BCUT2D eigenvalue weighted by Gasteiger charge is -2.19. The van der Waals surface area contributed by atoms with E-state index in [2.05, 4.69) is 0 Å². The molecule has 2 rings (SSSR count). The van der Waals surface area contributed by atoms with E-state index in [1.165, 1.54) is 17.0 Å². The molecule has 2 aromatic carbocycles. The van der Waals surface area contributed by atoms with Crippen LogP contribution in [0.3, 0.4) is 0 Å². The maximum Gasteiger partial charge on any atom is 0.328 e. The molecule has 0 bridgehead atoms. The van der Waals surface area contributed by atoms with E-state index in [0.717, 1.165) is 6.07 Å². The summed E-state index contributed by atoms with van der Waals surface area (Å²) >= 11 is 0. The highest BCUT2D eigenvalue weighted by molar-refractivity contribution is 5.72. The predicted octanol–water partition coefficient (Wildman–Crippen LogP) is 3.37. The molecule has 5 nitrogen and oxygen atoms in total. The van der Waals surface area contributed by atoms with Gasteiger partial charge in [0, 0.05) is 12.7 Å². The Bertz CT molecular complexity index is 693. The van der Waals surface area contributed by atoms with Crippen LogP contribution in [0, 0.1) is 27.3 Å². The Labute approximate surface area is 114 Å². The molecular weight excluding hydrogens is 261 g/mol. The van der Waals surface area contributed by atoms with Gasteiger partial charge in [0.25, 0.3) is 0 Å². The van der Waals surface area contributed by atoms with Crippen molar-refractivity contribution in [1.82, 2.24) is 0 Å². The molecule has 0 atom stereocenters. The largest absolute Gasteiger partial charge is 0.339 e. The zero-order valence-electron chi connectivity index (χ0n) is 10.6. The minimum absolute atomic E-state index is 0.153. The molecule has 0 fully saturated rings. The fourth-order valence-electron chi connectivity index (χ4n) is 1.85. The van der Waals surface area contributed by atoms with Crippen molar-refractivity contribution >= 4 is 17.1 Å². The third kappa shape index (κ3) is 2.42. The van der Waals surface area contributed by atoms with Gasteiger partial charge in [0.2, 0.25) is 5.82 Å². The summed E-state index contributed by atoms with van der Waals surface area (Å²) in [5.74, 6) is -0.881. The molecule has 0 spiro atoms. The van der Waals surface area contributed by atoms with Gasteiger partial charge in [-0.3, -0.25) is 10.1 Å². The second-order valence-corrected chi connectivity index (χ2v) is 4.08. The van der Waals surface area contributed by atoms with Crippen molar-refractivity contribution in [3.63, 3.8) is 0 Å². The number of rotatable bonds is 3. The van der Waals surface area contributed by atoms with Crippen molar-refractivity contribution in [2.45, 2.75) is 0 Å². The second-order valence-electron chi connectivity index (χ2n) is 4.08. The van der Waals surface area contributed by atoms with E-state index in [9.17, 15) is 14.5 Å². The van der Waals surface area contributed by atoms with Gasteiger partial charge in [0.1, 0.15) is 5.69 Å². The number of benzene rings is 2. The number of nitro benzene ring substituents is 1. The molecule has 0 unspecified atom stereocenters. The number of nitriles is 1. The Morgan fingerprint density at radius 3 is 2.45 bits per heavy atom. The topological polar surface area (TPSA) is 70.2 Å². The summed E-state index contributed by atoms with van der Waals surface area (Å²) in [4.78, 5) is 11.7. The Morgan fingerprint density at radius 1 is 1.25 bits per heavy atom. The Kier molecular flexibility index (Phi) is 3.62. The number of halogens is 1. The van der Waals surface area contributed by atoms with Crippen molar-refractivity contribution in [2.24, 2.45) is 0 Å². The van der Waals surface area contributed by atoms with Crippen LogP contribution in [0.1, 0.15) is 5.56 Å². The molecular formula is C14H10FN3O2. The third-order valence-corrected chi connectivity index (χ3v) is 2.89. The molecule has 0 aliphatic heterocycles. The molecule has 0 aliphatic carbocycles. The van der Waals surface area contributed by atoms with Crippen LogP contribution in [0.5, 0.6) is 0 Å². The van der Waals surface area contributed by atoms with Crippen LogP contribution < -0.4 is 4.90 Å². The second kappa shape index (κ2) is 5.36. The maximum atomic E-state index is 13.6. The molecule has 6 heteroatoms. The lowest BCUT2D eigenvalue weighted by Crippen LogP contribution is -2.12. The zero-order valence-corrected chi connectivity index (χ0v) is 10.6. The molecule has 0 N–H and O–H groups in total. The first-order chi connectivity index (χ1) is 9.54. The number of hydrogen-bond acceptors (Lipinski definition) is 4. The minimum Gasteiger partial charge on any atom is -0.339 e. The lowest BCUT2D eigenvalue weighted by molar-refractivity contribution is -0.386. The average Bonchev–Trinajstić information content (AvgIpc) is 2.46. The predicted molar refractivity (Wildman–Crippen MR) is 72.3 cm³/mol. The van der Waals surface area contributed by atoms with E-state index in [-0.39, 0.29) is 5.69 Å². The molecule has 0 saturated heterocycles. The summed E-state index contributed by atoms with van der Waals surface area (Å²) in [6.45, 7) is 0. The standard InChI is InChI=1S/C14H10FN3O2/c1-17(11-7-5-10(9-16)6-8-11)13-4-2-3-12(15)14(13)18(19)20/h2-8H,1H3. The molecule has 2 aromatic rings. The van der Waals surface area contributed by atoms with Crippen molar-refractivity contribution in [3.05, 3.63) is 64.0 Å². The fraction of sp³-hybridized carbons (Fsp3) is 0.0714. The molecule has 0 amide bonds. The van der Waals surface area contributed by atoms with Gasteiger partial charge in [-0.2, -0.15) is 9.65 Å². The Hall–Kier alpha value is -2.94. The van der Waals surface area contributed by atoms with Gasteiger partial charge in [-0.15, -0.1) is 0 Å².